The molecule has 0 radical (unpaired) electrons. The van der Waals surface area contributed by atoms with Crippen LogP contribution in [-0.2, 0) is 15.6 Å². The first-order valence-corrected chi connectivity index (χ1v) is 11.9. The summed E-state index contributed by atoms with van der Waals surface area (Å²) in [5, 5.41) is 0.731. The minimum atomic E-state index is -3.14. The van der Waals surface area contributed by atoms with E-state index in [1.807, 2.05) is 59.5 Å². The fraction of sp³-hybridized carbons (Fsp3) is 0.381. The standard InChI is InChI=1S/C21H27ClN4O2S/c22-19-7-9-20(10-8-19)25-12-14-26(15-13-25)21(23)24-11-4-16-29(27,28)17-18-5-2-1-3-6-18/h1-3,5-10H,4,11-17H2,(H2,23,24). The molecule has 0 spiro atoms. The Morgan fingerprint density at radius 2 is 1.66 bits per heavy atom. The Labute approximate surface area is 177 Å². The Hall–Kier alpha value is -2.25. The van der Waals surface area contributed by atoms with Crippen molar-refractivity contribution in [2.24, 2.45) is 10.7 Å². The van der Waals surface area contributed by atoms with Crippen LogP contribution in [0, 0.1) is 0 Å². The molecule has 3 rings (SSSR count). The minimum absolute atomic E-state index is 0.0691. The van der Waals surface area contributed by atoms with E-state index in [0.29, 0.717) is 18.9 Å². The summed E-state index contributed by atoms with van der Waals surface area (Å²) in [5.74, 6) is 0.670. The molecule has 0 bridgehead atoms. The lowest BCUT2D eigenvalue weighted by Crippen LogP contribution is -2.51. The number of anilines is 1. The number of sulfone groups is 1. The number of halogens is 1. The van der Waals surface area contributed by atoms with E-state index in [4.69, 9.17) is 17.3 Å². The quantitative estimate of drug-likeness (QED) is 0.412. The Kier molecular flexibility index (Phi) is 7.39. The second kappa shape index (κ2) is 9.98. The molecule has 1 saturated heterocycles. The average Bonchev–Trinajstić information content (AvgIpc) is 2.72. The molecule has 2 N–H and O–H groups in total. The van der Waals surface area contributed by atoms with E-state index in [1.165, 1.54) is 0 Å². The molecule has 1 aliphatic heterocycles. The molecule has 1 heterocycles. The van der Waals surface area contributed by atoms with Gasteiger partial charge in [-0.2, -0.15) is 0 Å². The molecular formula is C21H27ClN4O2S. The van der Waals surface area contributed by atoms with Crippen LogP contribution in [0.4, 0.5) is 5.69 Å². The summed E-state index contributed by atoms with van der Waals surface area (Å²) in [5.41, 5.74) is 8.08. The van der Waals surface area contributed by atoms with E-state index in [0.717, 1.165) is 42.5 Å². The SMILES string of the molecule is NC(=NCCCS(=O)(=O)Cc1ccccc1)N1CCN(c2ccc(Cl)cc2)CC1. The van der Waals surface area contributed by atoms with Crippen molar-refractivity contribution < 1.29 is 8.42 Å². The summed E-state index contributed by atoms with van der Waals surface area (Å²) in [6.45, 7) is 3.68. The molecule has 0 aliphatic carbocycles. The van der Waals surface area contributed by atoms with E-state index in [9.17, 15) is 8.42 Å². The first-order chi connectivity index (χ1) is 13.9. The maximum Gasteiger partial charge on any atom is 0.191 e. The summed E-state index contributed by atoms with van der Waals surface area (Å²) >= 11 is 5.95. The molecule has 156 valence electrons. The van der Waals surface area contributed by atoms with Crippen LogP contribution < -0.4 is 10.6 Å². The van der Waals surface area contributed by atoms with Gasteiger partial charge in [-0.1, -0.05) is 41.9 Å². The molecule has 0 amide bonds. The molecule has 29 heavy (non-hydrogen) atoms. The molecule has 8 heteroatoms. The van der Waals surface area contributed by atoms with Crippen LogP contribution in [0.5, 0.6) is 0 Å². The summed E-state index contributed by atoms with van der Waals surface area (Å²) in [4.78, 5) is 8.72. The second-order valence-electron chi connectivity index (χ2n) is 7.12. The van der Waals surface area contributed by atoms with E-state index >= 15 is 0 Å². The highest BCUT2D eigenvalue weighted by Crippen LogP contribution is 2.19. The number of benzene rings is 2. The molecule has 6 nitrogen and oxygen atoms in total. The van der Waals surface area contributed by atoms with Crippen LogP contribution in [0.1, 0.15) is 12.0 Å². The number of hydrogen-bond donors (Lipinski definition) is 1. The zero-order chi connectivity index (χ0) is 20.7. The molecule has 2 aromatic carbocycles. The third-order valence-electron chi connectivity index (χ3n) is 4.91. The van der Waals surface area contributed by atoms with Gasteiger partial charge in [0.25, 0.3) is 0 Å². The maximum atomic E-state index is 12.2. The number of rotatable bonds is 7. The van der Waals surface area contributed by atoms with Gasteiger partial charge >= 0.3 is 0 Å². The van der Waals surface area contributed by atoms with E-state index in [1.54, 1.807) is 0 Å². The Morgan fingerprint density at radius 3 is 2.31 bits per heavy atom. The number of nitrogens with zero attached hydrogens (tertiary/aromatic N) is 3. The zero-order valence-corrected chi connectivity index (χ0v) is 17.9. The lowest BCUT2D eigenvalue weighted by Gasteiger charge is -2.36. The molecule has 1 fully saturated rings. The Bertz CT molecular complexity index is 909. The van der Waals surface area contributed by atoms with Crippen molar-refractivity contribution in [3.63, 3.8) is 0 Å². The number of aliphatic imine (C=N–C) groups is 1. The van der Waals surface area contributed by atoms with Gasteiger partial charge in [0.2, 0.25) is 0 Å². The molecule has 0 aromatic heterocycles. The second-order valence-corrected chi connectivity index (χ2v) is 9.74. The number of nitrogens with two attached hydrogens (primary N) is 1. The molecule has 0 unspecified atom stereocenters. The van der Waals surface area contributed by atoms with Crippen LogP contribution in [0.15, 0.2) is 59.6 Å². The first-order valence-electron chi connectivity index (χ1n) is 9.73. The number of hydrogen-bond acceptors (Lipinski definition) is 4. The average molecular weight is 435 g/mol. The summed E-state index contributed by atoms with van der Waals surface area (Å²) in [7, 11) is -3.14. The van der Waals surface area contributed by atoms with Crippen LogP contribution in [0.25, 0.3) is 0 Å². The van der Waals surface area contributed by atoms with Gasteiger partial charge in [-0.25, -0.2) is 8.42 Å². The summed E-state index contributed by atoms with van der Waals surface area (Å²) in [6.07, 6.45) is 0.473. The lowest BCUT2D eigenvalue weighted by atomic mass is 10.2. The predicted molar refractivity (Wildman–Crippen MR) is 120 cm³/mol. The summed E-state index contributed by atoms with van der Waals surface area (Å²) < 4.78 is 24.5. The maximum absolute atomic E-state index is 12.2. The van der Waals surface area contributed by atoms with Crippen molar-refractivity contribution in [2.45, 2.75) is 12.2 Å². The third kappa shape index (κ3) is 6.65. The van der Waals surface area contributed by atoms with Crippen molar-refractivity contribution in [1.29, 1.82) is 0 Å². The van der Waals surface area contributed by atoms with Crippen LogP contribution in [0.2, 0.25) is 5.02 Å². The number of guanidine groups is 1. The van der Waals surface area contributed by atoms with Gasteiger partial charge in [0, 0.05) is 43.4 Å². The molecule has 2 aromatic rings. The van der Waals surface area contributed by atoms with Crippen molar-refractivity contribution in [3.8, 4) is 0 Å². The van der Waals surface area contributed by atoms with Gasteiger partial charge in [0.05, 0.1) is 11.5 Å². The molecule has 0 saturated carbocycles. The highest BCUT2D eigenvalue weighted by Gasteiger charge is 2.18. The van der Waals surface area contributed by atoms with Gasteiger partial charge in [0.1, 0.15) is 0 Å². The fourth-order valence-corrected chi connectivity index (χ4v) is 4.86. The highest BCUT2D eigenvalue weighted by molar-refractivity contribution is 7.90. The predicted octanol–water partition coefficient (Wildman–Crippen LogP) is 2.78. The van der Waals surface area contributed by atoms with Gasteiger partial charge in [-0.05, 0) is 36.2 Å². The molecule has 0 atom stereocenters. The minimum Gasteiger partial charge on any atom is -0.370 e. The summed E-state index contributed by atoms with van der Waals surface area (Å²) in [6, 6.07) is 17.1. The highest BCUT2D eigenvalue weighted by atomic mass is 35.5. The van der Waals surface area contributed by atoms with Gasteiger partial charge in [-0.3, -0.25) is 4.99 Å². The Morgan fingerprint density at radius 1 is 1.00 bits per heavy atom. The van der Waals surface area contributed by atoms with Gasteiger partial charge in [0.15, 0.2) is 15.8 Å². The van der Waals surface area contributed by atoms with E-state index in [-0.39, 0.29) is 11.5 Å². The monoisotopic (exact) mass is 434 g/mol. The van der Waals surface area contributed by atoms with Gasteiger partial charge < -0.3 is 15.5 Å². The van der Waals surface area contributed by atoms with Crippen molar-refractivity contribution in [1.82, 2.24) is 4.90 Å². The van der Waals surface area contributed by atoms with Crippen molar-refractivity contribution in [3.05, 3.63) is 65.2 Å². The lowest BCUT2D eigenvalue weighted by molar-refractivity contribution is 0.381. The van der Waals surface area contributed by atoms with Gasteiger partial charge in [-0.15, -0.1) is 0 Å². The van der Waals surface area contributed by atoms with Crippen LogP contribution in [-0.4, -0.2) is 57.8 Å². The smallest absolute Gasteiger partial charge is 0.191 e. The molecular weight excluding hydrogens is 408 g/mol. The first kappa shape index (κ1) is 21.5. The van der Waals surface area contributed by atoms with Crippen molar-refractivity contribution in [2.75, 3.05) is 43.4 Å². The largest absolute Gasteiger partial charge is 0.370 e. The fourth-order valence-electron chi connectivity index (χ4n) is 3.32. The van der Waals surface area contributed by atoms with Crippen molar-refractivity contribution >= 4 is 33.1 Å². The normalized spacial score (nSPS) is 15.6. The zero-order valence-electron chi connectivity index (χ0n) is 16.4. The topological polar surface area (TPSA) is 79.0 Å². The number of piperazine rings is 1. The van der Waals surface area contributed by atoms with Crippen LogP contribution in [0.3, 0.4) is 0 Å². The Balaban J connectivity index is 1.42. The third-order valence-corrected chi connectivity index (χ3v) is 6.85. The van der Waals surface area contributed by atoms with E-state index in [2.05, 4.69) is 9.89 Å². The molecule has 1 aliphatic rings. The van der Waals surface area contributed by atoms with E-state index < -0.39 is 9.84 Å². The van der Waals surface area contributed by atoms with Crippen LogP contribution >= 0.6 is 11.6 Å².